The first kappa shape index (κ1) is 46.1. The minimum absolute atomic E-state index is 0. The summed E-state index contributed by atoms with van der Waals surface area (Å²) in [6.45, 7) is 10.7. The number of rotatable bonds is 10. The van der Waals surface area contributed by atoms with Crippen LogP contribution in [-0.4, -0.2) is 62.3 Å². The van der Waals surface area contributed by atoms with Crippen molar-refractivity contribution in [3.63, 3.8) is 0 Å². The first-order chi connectivity index (χ1) is 10.2. The molecule has 0 aliphatic carbocycles. The van der Waals surface area contributed by atoms with Gasteiger partial charge in [0.15, 0.2) is 0 Å². The molecule has 28 heavy (non-hydrogen) atoms. The average molecular weight is 422 g/mol. The van der Waals surface area contributed by atoms with E-state index in [1.165, 1.54) is 0 Å². The molecule has 0 saturated carbocycles. The minimum Gasteiger partial charge on any atom is -1.00 e. The second-order valence-corrected chi connectivity index (χ2v) is 6.58. The molecule has 3 atom stereocenters. The fourth-order valence-corrected chi connectivity index (χ4v) is 2.60. The summed E-state index contributed by atoms with van der Waals surface area (Å²) < 4.78 is 10.3. The van der Waals surface area contributed by atoms with Crippen molar-refractivity contribution in [3.05, 3.63) is 0 Å². The van der Waals surface area contributed by atoms with E-state index in [-0.39, 0.29) is 74.9 Å². The van der Waals surface area contributed by atoms with Crippen molar-refractivity contribution in [1.29, 1.82) is 0 Å². The number of methoxy groups -OCH3 is 1. The van der Waals surface area contributed by atoms with Crippen molar-refractivity contribution in [2.24, 2.45) is 23.2 Å². The molecular weight excluding hydrogens is 367 g/mol. The zero-order chi connectivity index (χ0) is 17.3. The fraction of sp³-hybridized carbons (Fsp3) is 0.909. The standard InChI is InChI=1S/C17H33NO4.5CH4.Mg.2H/c1-8-22-15(19)14(17(4,5)16(20)18-6)11-13(3)12(2)9-10-21-7;;;;;;;;/h12-14H,8-11H2,1-7H3,(H,18,20);5*1H4;;;/q;;;;;;+2;2*-1. The number of carbonyl (C=O) groups is 2. The molecule has 0 aromatic carbocycles. The van der Waals surface area contributed by atoms with E-state index in [0.717, 1.165) is 6.42 Å². The molecule has 0 saturated heterocycles. The van der Waals surface area contributed by atoms with E-state index in [1.54, 1.807) is 34.9 Å². The van der Waals surface area contributed by atoms with Gasteiger partial charge in [-0.3, -0.25) is 9.59 Å². The third kappa shape index (κ3) is 14.6. The molecule has 0 fully saturated rings. The van der Waals surface area contributed by atoms with Crippen molar-refractivity contribution in [3.8, 4) is 0 Å². The number of nitrogens with one attached hydrogen (secondary N) is 1. The monoisotopic (exact) mass is 421 g/mol. The molecular formula is C22H55MgNO4. The maximum atomic E-state index is 12.4. The van der Waals surface area contributed by atoms with Crippen LogP contribution in [0.3, 0.4) is 0 Å². The van der Waals surface area contributed by atoms with E-state index in [4.69, 9.17) is 9.47 Å². The van der Waals surface area contributed by atoms with Crippen molar-refractivity contribution in [2.75, 3.05) is 27.4 Å². The third-order valence-electron chi connectivity index (χ3n) is 4.61. The van der Waals surface area contributed by atoms with Crippen LogP contribution in [0.25, 0.3) is 0 Å². The summed E-state index contributed by atoms with van der Waals surface area (Å²) in [6.07, 6.45) is 1.57. The normalized spacial score (nSPS) is 12.4. The maximum Gasteiger partial charge on any atom is 2.00 e. The molecule has 0 aliphatic heterocycles. The van der Waals surface area contributed by atoms with Gasteiger partial charge in [-0.15, -0.1) is 0 Å². The Morgan fingerprint density at radius 1 is 1.04 bits per heavy atom. The van der Waals surface area contributed by atoms with Crippen LogP contribution in [0.5, 0.6) is 0 Å². The molecule has 0 bridgehead atoms. The van der Waals surface area contributed by atoms with Gasteiger partial charge < -0.3 is 17.6 Å². The predicted molar refractivity (Wildman–Crippen MR) is 129 cm³/mol. The first-order valence-corrected chi connectivity index (χ1v) is 8.10. The van der Waals surface area contributed by atoms with Crippen LogP contribution in [0.1, 0.15) is 87.4 Å². The van der Waals surface area contributed by atoms with E-state index in [2.05, 4.69) is 19.2 Å². The van der Waals surface area contributed by atoms with Crippen LogP contribution in [0.2, 0.25) is 0 Å². The Hall–Kier alpha value is -0.334. The van der Waals surface area contributed by atoms with E-state index in [0.29, 0.717) is 31.5 Å². The molecule has 1 N–H and O–H groups in total. The van der Waals surface area contributed by atoms with Crippen molar-refractivity contribution in [2.45, 2.75) is 84.6 Å². The Balaban J connectivity index is -0.0000000787. The molecule has 5 nitrogen and oxygen atoms in total. The molecule has 0 aromatic rings. The van der Waals surface area contributed by atoms with E-state index in [1.807, 2.05) is 0 Å². The second kappa shape index (κ2) is 23.0. The van der Waals surface area contributed by atoms with Gasteiger partial charge in [-0.25, -0.2) is 0 Å². The number of carbonyl (C=O) groups excluding carboxylic acids is 2. The summed E-state index contributed by atoms with van der Waals surface area (Å²) in [4.78, 5) is 24.5. The summed E-state index contributed by atoms with van der Waals surface area (Å²) in [7, 11) is 3.28. The van der Waals surface area contributed by atoms with Crippen LogP contribution < -0.4 is 5.32 Å². The first-order valence-electron chi connectivity index (χ1n) is 8.10. The quantitative estimate of drug-likeness (QED) is 0.365. The van der Waals surface area contributed by atoms with Gasteiger partial charge in [0.25, 0.3) is 0 Å². The SMILES string of the molecule is C.C.C.C.C.CCOC(=O)C(CC(C)C(C)CCOC)C(C)(C)C(=O)NC.[H-].[H-].[Mg+2]. The molecule has 0 rings (SSSR count). The molecule has 1 amide bonds. The summed E-state index contributed by atoms with van der Waals surface area (Å²) in [5.41, 5.74) is -0.795. The van der Waals surface area contributed by atoms with Gasteiger partial charge in [-0.2, -0.15) is 0 Å². The van der Waals surface area contributed by atoms with E-state index in [9.17, 15) is 9.59 Å². The van der Waals surface area contributed by atoms with Crippen LogP contribution in [0, 0.1) is 23.2 Å². The number of hydrogen-bond donors (Lipinski definition) is 1. The number of amides is 1. The molecule has 6 heteroatoms. The Bertz CT molecular complexity index is 373. The number of ether oxygens (including phenoxy) is 2. The molecule has 0 aliphatic rings. The molecule has 0 aromatic heterocycles. The summed E-state index contributed by atoms with van der Waals surface area (Å²) in [5.74, 6) is -0.164. The topological polar surface area (TPSA) is 64.6 Å². The predicted octanol–water partition coefficient (Wildman–Crippen LogP) is 5.66. The zero-order valence-electron chi connectivity index (χ0n) is 17.9. The Morgan fingerprint density at radius 2 is 1.50 bits per heavy atom. The Morgan fingerprint density at radius 3 is 1.86 bits per heavy atom. The van der Waals surface area contributed by atoms with Crippen LogP contribution >= 0.6 is 0 Å². The summed E-state index contributed by atoms with van der Waals surface area (Å²) in [6, 6.07) is 0. The van der Waals surface area contributed by atoms with Crippen molar-refractivity contribution in [1.82, 2.24) is 5.32 Å². The van der Waals surface area contributed by atoms with Gasteiger partial charge in [-0.05, 0) is 31.6 Å². The average Bonchev–Trinajstić information content (AvgIpc) is 2.48. The van der Waals surface area contributed by atoms with E-state index < -0.39 is 11.3 Å². The van der Waals surface area contributed by atoms with Crippen LogP contribution in [-0.2, 0) is 19.1 Å². The van der Waals surface area contributed by atoms with Gasteiger partial charge in [0.2, 0.25) is 5.91 Å². The van der Waals surface area contributed by atoms with Gasteiger partial charge >= 0.3 is 29.0 Å². The third-order valence-corrected chi connectivity index (χ3v) is 4.61. The number of hydrogen-bond acceptors (Lipinski definition) is 4. The zero-order valence-corrected chi connectivity index (χ0v) is 17.3. The molecule has 174 valence electrons. The second-order valence-electron chi connectivity index (χ2n) is 6.58. The minimum atomic E-state index is -0.795. The fourth-order valence-electron chi connectivity index (χ4n) is 2.60. The van der Waals surface area contributed by atoms with Crippen molar-refractivity contribution >= 4 is 34.9 Å². The summed E-state index contributed by atoms with van der Waals surface area (Å²) >= 11 is 0. The van der Waals surface area contributed by atoms with Crippen LogP contribution in [0.4, 0.5) is 0 Å². The smallest absolute Gasteiger partial charge is 1.00 e. The molecule has 0 radical (unpaired) electrons. The molecule has 3 unspecified atom stereocenters. The van der Waals surface area contributed by atoms with Gasteiger partial charge in [0.1, 0.15) is 0 Å². The van der Waals surface area contributed by atoms with Crippen LogP contribution in [0.15, 0.2) is 0 Å². The Kier molecular flexibility index (Phi) is 37.8. The van der Waals surface area contributed by atoms with Crippen molar-refractivity contribution < 1.29 is 21.9 Å². The Labute approximate surface area is 197 Å². The van der Waals surface area contributed by atoms with Gasteiger partial charge in [0, 0.05) is 20.8 Å². The largest absolute Gasteiger partial charge is 2.00 e. The van der Waals surface area contributed by atoms with Gasteiger partial charge in [0.05, 0.1) is 17.9 Å². The molecule has 0 spiro atoms. The molecule has 0 heterocycles. The van der Waals surface area contributed by atoms with E-state index >= 15 is 0 Å². The summed E-state index contributed by atoms with van der Waals surface area (Å²) in [5, 5.41) is 2.65. The van der Waals surface area contributed by atoms with Gasteiger partial charge in [-0.1, -0.05) is 64.8 Å². The number of esters is 1. The maximum absolute atomic E-state index is 12.4.